The maximum Gasteiger partial charge on any atom is 0.274 e. The minimum atomic E-state index is -0.310. The number of carbonyl (C=O) groups is 1. The molecule has 2 aliphatic heterocycles. The third-order valence-electron chi connectivity index (χ3n) is 6.10. The van der Waals surface area contributed by atoms with Crippen LogP contribution in [0.25, 0.3) is 0 Å². The number of aromatic nitrogens is 2. The number of amides is 1. The van der Waals surface area contributed by atoms with Gasteiger partial charge in [-0.25, -0.2) is 0 Å². The highest BCUT2D eigenvalue weighted by molar-refractivity contribution is 5.92. The van der Waals surface area contributed by atoms with E-state index in [9.17, 15) is 9.90 Å². The Kier molecular flexibility index (Phi) is 3.92. The Morgan fingerprint density at radius 2 is 2.04 bits per heavy atom. The Morgan fingerprint density at radius 3 is 2.79 bits per heavy atom. The molecular formula is C18H28N4O2. The Morgan fingerprint density at radius 1 is 1.25 bits per heavy atom. The van der Waals surface area contributed by atoms with Crippen LogP contribution in [-0.4, -0.2) is 69.9 Å². The molecule has 2 atom stereocenters. The summed E-state index contributed by atoms with van der Waals surface area (Å²) in [5.74, 6) is 0.613. The molecule has 1 amide bonds. The predicted octanol–water partition coefficient (Wildman–Crippen LogP) is 1.22. The zero-order valence-electron chi connectivity index (χ0n) is 14.7. The second-order valence-electron chi connectivity index (χ2n) is 8.09. The molecule has 1 aliphatic carbocycles. The van der Waals surface area contributed by atoms with Gasteiger partial charge >= 0.3 is 0 Å². The molecule has 0 aromatic carbocycles. The standard InChI is InChI=1S/C18H28N4O2/c1-20-9-6-16(23)18(11-20)7-3-8-22(12-18)17(24)14-10-15(13-4-5-13)21(2)19-14/h10,13,16,23H,3-9,11-12H2,1-2H3/t16-,18-/m0/s1. The first-order valence-corrected chi connectivity index (χ1v) is 9.18. The van der Waals surface area contributed by atoms with Crippen LogP contribution in [0.5, 0.6) is 0 Å². The van der Waals surface area contributed by atoms with Gasteiger partial charge in [-0.3, -0.25) is 9.48 Å². The van der Waals surface area contributed by atoms with Gasteiger partial charge < -0.3 is 14.9 Å². The summed E-state index contributed by atoms with van der Waals surface area (Å²) >= 11 is 0. The molecule has 0 unspecified atom stereocenters. The summed E-state index contributed by atoms with van der Waals surface area (Å²) in [4.78, 5) is 17.2. The number of likely N-dealkylation sites (tertiary alicyclic amines) is 2. The lowest BCUT2D eigenvalue weighted by Gasteiger charge is -2.50. The van der Waals surface area contributed by atoms with E-state index in [1.807, 2.05) is 22.7 Å². The molecule has 1 aromatic rings. The van der Waals surface area contributed by atoms with E-state index >= 15 is 0 Å². The van der Waals surface area contributed by atoms with Crippen LogP contribution in [0.2, 0.25) is 0 Å². The zero-order chi connectivity index (χ0) is 16.9. The first kappa shape index (κ1) is 16.1. The summed E-state index contributed by atoms with van der Waals surface area (Å²) in [5, 5.41) is 15.1. The number of piperidine rings is 2. The Hall–Kier alpha value is -1.40. The number of aryl methyl sites for hydroxylation is 1. The van der Waals surface area contributed by atoms with Crippen molar-refractivity contribution in [3.05, 3.63) is 17.5 Å². The van der Waals surface area contributed by atoms with Crippen LogP contribution in [0.4, 0.5) is 0 Å². The quantitative estimate of drug-likeness (QED) is 0.884. The molecule has 1 saturated carbocycles. The van der Waals surface area contributed by atoms with Crippen LogP contribution < -0.4 is 0 Å². The fourth-order valence-corrected chi connectivity index (χ4v) is 4.61. The summed E-state index contributed by atoms with van der Waals surface area (Å²) in [5.41, 5.74) is 1.58. The highest BCUT2D eigenvalue weighted by Gasteiger charge is 2.46. The highest BCUT2D eigenvalue weighted by Crippen LogP contribution is 2.41. The monoisotopic (exact) mass is 332 g/mol. The predicted molar refractivity (Wildman–Crippen MR) is 90.9 cm³/mol. The molecule has 6 heteroatoms. The van der Waals surface area contributed by atoms with Crippen molar-refractivity contribution in [3.8, 4) is 0 Å². The van der Waals surface area contributed by atoms with Crippen LogP contribution in [0, 0.1) is 5.41 Å². The molecule has 3 fully saturated rings. The molecule has 2 saturated heterocycles. The van der Waals surface area contributed by atoms with Crippen LogP contribution in [-0.2, 0) is 7.05 Å². The van der Waals surface area contributed by atoms with Gasteiger partial charge in [-0.15, -0.1) is 0 Å². The molecule has 1 spiro atoms. The van der Waals surface area contributed by atoms with E-state index in [2.05, 4.69) is 17.0 Å². The average molecular weight is 332 g/mol. The van der Waals surface area contributed by atoms with E-state index in [1.54, 1.807) is 0 Å². The van der Waals surface area contributed by atoms with Gasteiger partial charge in [0.25, 0.3) is 5.91 Å². The number of rotatable bonds is 2. The molecule has 24 heavy (non-hydrogen) atoms. The van der Waals surface area contributed by atoms with E-state index in [0.717, 1.165) is 38.9 Å². The number of nitrogens with zero attached hydrogens (tertiary/aromatic N) is 4. The fourth-order valence-electron chi connectivity index (χ4n) is 4.61. The fraction of sp³-hybridized carbons (Fsp3) is 0.778. The third-order valence-corrected chi connectivity index (χ3v) is 6.10. The number of aliphatic hydroxyl groups excluding tert-OH is 1. The van der Waals surface area contributed by atoms with Crippen molar-refractivity contribution in [1.29, 1.82) is 0 Å². The summed E-state index contributed by atoms with van der Waals surface area (Å²) in [7, 11) is 4.04. The van der Waals surface area contributed by atoms with Crippen molar-refractivity contribution in [3.63, 3.8) is 0 Å². The lowest BCUT2D eigenvalue weighted by Crippen LogP contribution is -2.59. The minimum absolute atomic E-state index is 0.0250. The van der Waals surface area contributed by atoms with E-state index in [0.29, 0.717) is 18.2 Å². The van der Waals surface area contributed by atoms with Crippen LogP contribution in [0.3, 0.4) is 0 Å². The van der Waals surface area contributed by atoms with E-state index in [-0.39, 0.29) is 17.4 Å². The van der Waals surface area contributed by atoms with E-state index in [4.69, 9.17) is 0 Å². The molecule has 4 rings (SSSR count). The third kappa shape index (κ3) is 2.75. The first-order valence-electron chi connectivity index (χ1n) is 9.18. The molecule has 1 aromatic heterocycles. The summed E-state index contributed by atoms with van der Waals surface area (Å²) in [6.45, 7) is 3.22. The van der Waals surface area contributed by atoms with Gasteiger partial charge in [0, 0.05) is 50.3 Å². The lowest BCUT2D eigenvalue weighted by atomic mass is 9.71. The SMILES string of the molecule is CN1CC[C@H](O)[C@@]2(CCCN(C(=O)c3cc(C4CC4)n(C)n3)C2)C1. The molecule has 132 valence electrons. The zero-order valence-corrected chi connectivity index (χ0v) is 14.7. The Bertz CT molecular complexity index is 639. The Balaban J connectivity index is 1.53. The van der Waals surface area contributed by atoms with Gasteiger partial charge in [0.1, 0.15) is 0 Å². The number of aliphatic hydroxyl groups is 1. The lowest BCUT2D eigenvalue weighted by molar-refractivity contribution is -0.0731. The Labute approximate surface area is 143 Å². The van der Waals surface area contributed by atoms with Gasteiger partial charge in [0.15, 0.2) is 5.69 Å². The van der Waals surface area contributed by atoms with E-state index < -0.39 is 0 Å². The van der Waals surface area contributed by atoms with Gasteiger partial charge in [-0.1, -0.05) is 0 Å². The van der Waals surface area contributed by atoms with Crippen molar-refractivity contribution in [1.82, 2.24) is 19.6 Å². The number of carbonyl (C=O) groups excluding carboxylic acids is 1. The smallest absolute Gasteiger partial charge is 0.274 e. The molecule has 0 radical (unpaired) electrons. The minimum Gasteiger partial charge on any atom is -0.392 e. The normalized spacial score (nSPS) is 31.6. The van der Waals surface area contributed by atoms with Gasteiger partial charge in [-0.05, 0) is 45.2 Å². The second kappa shape index (κ2) is 5.85. The van der Waals surface area contributed by atoms with Gasteiger partial charge in [0.2, 0.25) is 0 Å². The van der Waals surface area contributed by atoms with Crippen LogP contribution in [0.15, 0.2) is 6.07 Å². The van der Waals surface area contributed by atoms with Crippen molar-refractivity contribution in [2.24, 2.45) is 12.5 Å². The van der Waals surface area contributed by atoms with Crippen molar-refractivity contribution in [2.45, 2.75) is 44.1 Å². The topological polar surface area (TPSA) is 61.6 Å². The molecule has 3 heterocycles. The van der Waals surface area contributed by atoms with E-state index in [1.165, 1.54) is 18.5 Å². The maximum atomic E-state index is 13.0. The maximum absolute atomic E-state index is 13.0. The highest BCUT2D eigenvalue weighted by atomic mass is 16.3. The number of hydrogen-bond donors (Lipinski definition) is 1. The van der Waals surface area contributed by atoms with Crippen LogP contribution in [0.1, 0.15) is 54.2 Å². The number of hydrogen-bond acceptors (Lipinski definition) is 4. The van der Waals surface area contributed by atoms with Crippen molar-refractivity contribution >= 4 is 5.91 Å². The van der Waals surface area contributed by atoms with Crippen molar-refractivity contribution < 1.29 is 9.90 Å². The van der Waals surface area contributed by atoms with Crippen LogP contribution >= 0.6 is 0 Å². The second-order valence-corrected chi connectivity index (χ2v) is 8.09. The molecule has 1 N–H and O–H groups in total. The van der Waals surface area contributed by atoms with Crippen molar-refractivity contribution in [2.75, 3.05) is 33.2 Å². The summed E-state index contributed by atoms with van der Waals surface area (Å²) < 4.78 is 1.87. The largest absolute Gasteiger partial charge is 0.392 e. The molecular weight excluding hydrogens is 304 g/mol. The molecule has 0 bridgehead atoms. The van der Waals surface area contributed by atoms with Gasteiger partial charge in [-0.2, -0.15) is 5.10 Å². The summed E-state index contributed by atoms with van der Waals surface area (Å²) in [6, 6.07) is 1.98. The average Bonchev–Trinajstić information content (AvgIpc) is 3.33. The molecule has 3 aliphatic rings. The van der Waals surface area contributed by atoms with Gasteiger partial charge in [0.05, 0.1) is 6.10 Å². The first-order chi connectivity index (χ1) is 11.5. The molecule has 6 nitrogen and oxygen atoms in total. The summed E-state index contributed by atoms with van der Waals surface area (Å²) in [6.07, 6.45) is 4.86.